The van der Waals surface area contributed by atoms with E-state index in [-0.39, 0.29) is 11.4 Å². The Kier molecular flexibility index (Phi) is 9.96. The van der Waals surface area contributed by atoms with Crippen molar-refractivity contribution in [3.8, 4) is 5.75 Å². The molecule has 1 saturated heterocycles. The zero-order valence-corrected chi connectivity index (χ0v) is 26.6. The van der Waals surface area contributed by atoms with Gasteiger partial charge in [0.2, 0.25) is 0 Å². The number of carbonyl (C=O) groups is 1. The summed E-state index contributed by atoms with van der Waals surface area (Å²) in [5.74, 6) is -3.05. The van der Waals surface area contributed by atoms with Crippen LogP contribution < -0.4 is 14.5 Å². The van der Waals surface area contributed by atoms with E-state index < -0.39 is 56.3 Å². The summed E-state index contributed by atoms with van der Waals surface area (Å²) in [6.45, 7) is 8.68. The van der Waals surface area contributed by atoms with Crippen LogP contribution >= 0.6 is 7.75 Å². The molecule has 0 aliphatic carbocycles. The van der Waals surface area contributed by atoms with E-state index >= 15 is 8.78 Å². The Labute approximate surface area is 254 Å². The van der Waals surface area contributed by atoms with Crippen LogP contribution in [0.1, 0.15) is 53.1 Å². The molecule has 1 aliphatic heterocycles. The van der Waals surface area contributed by atoms with Gasteiger partial charge in [-0.2, -0.15) is 5.09 Å². The number of hydrogen-bond acceptors (Lipinski definition) is 11. The van der Waals surface area contributed by atoms with Gasteiger partial charge in [-0.3, -0.25) is 13.9 Å². The van der Waals surface area contributed by atoms with Gasteiger partial charge in [0.05, 0.1) is 12.4 Å². The van der Waals surface area contributed by atoms with Crippen molar-refractivity contribution in [2.45, 2.75) is 84.0 Å². The van der Waals surface area contributed by atoms with Crippen LogP contribution in [0.3, 0.4) is 0 Å². The van der Waals surface area contributed by atoms with Gasteiger partial charge in [0.25, 0.3) is 5.85 Å². The van der Waals surface area contributed by atoms with Crippen LogP contribution in [0.4, 0.5) is 14.6 Å². The summed E-state index contributed by atoms with van der Waals surface area (Å²) in [5, 5.41) is 13.3. The zero-order chi connectivity index (χ0) is 32.4. The second-order valence-corrected chi connectivity index (χ2v) is 12.9. The van der Waals surface area contributed by atoms with Crippen molar-refractivity contribution in [1.82, 2.24) is 24.6 Å². The molecule has 1 unspecified atom stereocenters. The average molecular weight is 641 g/mol. The number of aliphatic hydroxyl groups is 1. The normalized spacial score (nSPS) is 25.6. The molecule has 0 spiro atoms. The van der Waals surface area contributed by atoms with Gasteiger partial charge in [-0.15, -0.1) is 0 Å². The third kappa shape index (κ3) is 7.02. The number of nitrogens with zero attached hydrogens (tertiary/aromatic N) is 5. The Morgan fingerprint density at radius 2 is 1.93 bits per heavy atom. The molecule has 0 amide bonds. The lowest BCUT2D eigenvalue weighted by molar-refractivity contribution is -0.202. The standard InChI is InChI=1S/C28H39F2N6O7P/c1-8-14-35(7)22-21-23(33-19(5)32-22)36(16-31-21)26-27(6,29)25(38)28(30,42-26)15-40-44(39,43-20-12-10-9-11-13-20)34-18(4)24(37)41-17(2)3/h9-13,16-18,25-26,38H,8,14-15H2,1-7H3,(H,34,39)/t18-,25-,26+,27+,28+,44?/m0/s1. The van der Waals surface area contributed by atoms with Crippen molar-refractivity contribution in [3.63, 3.8) is 0 Å². The minimum Gasteiger partial charge on any atom is -0.462 e. The molecule has 242 valence electrons. The molecule has 1 aromatic carbocycles. The first-order valence-corrected chi connectivity index (χ1v) is 15.8. The Hall–Kier alpha value is -3.23. The molecule has 3 heterocycles. The summed E-state index contributed by atoms with van der Waals surface area (Å²) in [7, 11) is -2.73. The highest BCUT2D eigenvalue weighted by Gasteiger charge is 2.65. The van der Waals surface area contributed by atoms with E-state index in [1.807, 2.05) is 18.9 Å². The Morgan fingerprint density at radius 3 is 2.57 bits per heavy atom. The van der Waals surface area contributed by atoms with E-state index in [1.54, 1.807) is 39.0 Å². The second kappa shape index (κ2) is 13.0. The van der Waals surface area contributed by atoms with Crippen molar-refractivity contribution < 1.29 is 41.8 Å². The fourth-order valence-corrected chi connectivity index (χ4v) is 6.26. The van der Waals surface area contributed by atoms with Crippen molar-refractivity contribution in [1.29, 1.82) is 0 Å². The van der Waals surface area contributed by atoms with Gasteiger partial charge in [-0.25, -0.2) is 28.3 Å². The molecule has 1 aliphatic rings. The molecule has 4 rings (SSSR count). The number of aryl methyl sites for hydroxylation is 1. The fourth-order valence-electron chi connectivity index (χ4n) is 4.76. The van der Waals surface area contributed by atoms with E-state index in [2.05, 4.69) is 20.0 Å². The lowest BCUT2D eigenvalue weighted by Crippen LogP contribution is -2.47. The maximum Gasteiger partial charge on any atom is 0.459 e. The Bertz CT molecular complexity index is 1510. The SMILES string of the molecule is CCCN(C)c1nc(C)nc2c1ncn2[C@@H]1O[C@](F)(COP(=O)(N[C@@H](C)C(=O)OC(C)C)Oc2ccccc2)[C@@H](O)[C@@]1(C)F. The predicted molar refractivity (Wildman–Crippen MR) is 158 cm³/mol. The van der Waals surface area contributed by atoms with E-state index in [9.17, 15) is 14.5 Å². The maximum atomic E-state index is 16.4. The first kappa shape index (κ1) is 33.7. The van der Waals surface area contributed by atoms with Gasteiger partial charge in [0.15, 0.2) is 35.0 Å². The number of rotatable bonds is 13. The lowest BCUT2D eigenvalue weighted by Gasteiger charge is -2.28. The molecule has 1 fully saturated rings. The van der Waals surface area contributed by atoms with Gasteiger partial charge >= 0.3 is 13.7 Å². The summed E-state index contributed by atoms with van der Waals surface area (Å²) < 4.78 is 69.1. The fraction of sp³-hybridized carbons (Fsp3) is 0.571. The van der Waals surface area contributed by atoms with Crippen LogP contribution in [0.5, 0.6) is 5.75 Å². The predicted octanol–water partition coefficient (Wildman–Crippen LogP) is 4.40. The van der Waals surface area contributed by atoms with Gasteiger partial charge < -0.3 is 24.0 Å². The molecule has 0 bridgehead atoms. The van der Waals surface area contributed by atoms with Crippen molar-refractivity contribution in [2.24, 2.45) is 0 Å². The molecule has 44 heavy (non-hydrogen) atoms. The smallest absolute Gasteiger partial charge is 0.459 e. The summed E-state index contributed by atoms with van der Waals surface area (Å²) in [4.78, 5) is 27.5. The molecule has 0 saturated carbocycles. The minimum absolute atomic E-state index is 0.0746. The Morgan fingerprint density at radius 1 is 1.25 bits per heavy atom. The topological polar surface area (TPSA) is 150 Å². The molecule has 13 nitrogen and oxygen atoms in total. The number of aliphatic hydroxyl groups excluding tert-OH is 1. The number of nitrogens with one attached hydrogen (secondary N) is 1. The van der Waals surface area contributed by atoms with Gasteiger partial charge in [-0.1, -0.05) is 25.1 Å². The van der Waals surface area contributed by atoms with Crippen molar-refractivity contribution in [3.05, 3.63) is 42.5 Å². The maximum absolute atomic E-state index is 16.4. The number of esters is 1. The third-order valence-corrected chi connectivity index (χ3v) is 8.50. The molecular weight excluding hydrogens is 601 g/mol. The van der Waals surface area contributed by atoms with Crippen LogP contribution in [0.15, 0.2) is 36.7 Å². The summed E-state index contributed by atoms with van der Waals surface area (Å²) in [6.07, 6.45) is -2.56. The number of ether oxygens (including phenoxy) is 2. The molecule has 2 aromatic heterocycles. The number of aromatic nitrogens is 4. The molecule has 0 radical (unpaired) electrons. The third-order valence-electron chi connectivity index (χ3n) is 6.88. The number of halogens is 2. The van der Waals surface area contributed by atoms with E-state index in [0.717, 1.165) is 13.3 Å². The van der Waals surface area contributed by atoms with Gasteiger partial charge in [-0.05, 0) is 53.2 Å². The van der Waals surface area contributed by atoms with Crippen LogP contribution in [-0.4, -0.2) is 80.6 Å². The monoisotopic (exact) mass is 640 g/mol. The number of alkyl halides is 2. The minimum atomic E-state index is -4.56. The number of imidazole rings is 1. The molecule has 6 atom stereocenters. The second-order valence-electron chi connectivity index (χ2n) is 11.2. The largest absolute Gasteiger partial charge is 0.462 e. The van der Waals surface area contributed by atoms with E-state index in [4.69, 9.17) is 18.5 Å². The van der Waals surface area contributed by atoms with Crippen molar-refractivity contribution in [2.75, 3.05) is 25.1 Å². The number of para-hydroxylation sites is 1. The number of carbonyl (C=O) groups excluding carboxylic acids is 1. The molecule has 3 aromatic rings. The van der Waals surface area contributed by atoms with E-state index in [1.165, 1.54) is 30.0 Å². The van der Waals surface area contributed by atoms with Crippen LogP contribution in [0.25, 0.3) is 11.2 Å². The number of anilines is 1. The van der Waals surface area contributed by atoms with Crippen LogP contribution in [-0.2, 0) is 23.4 Å². The quantitative estimate of drug-likeness (QED) is 0.201. The first-order chi connectivity index (χ1) is 20.6. The average Bonchev–Trinajstić information content (AvgIpc) is 3.44. The number of benzene rings is 1. The Balaban J connectivity index is 1.62. The van der Waals surface area contributed by atoms with E-state index in [0.29, 0.717) is 23.7 Å². The molecular formula is C28H39F2N6O7P. The highest BCUT2D eigenvalue weighted by molar-refractivity contribution is 7.52. The van der Waals surface area contributed by atoms with Crippen LogP contribution in [0.2, 0.25) is 0 Å². The molecule has 2 N–H and O–H groups in total. The highest BCUT2D eigenvalue weighted by atomic mass is 31.2. The van der Waals surface area contributed by atoms with Crippen LogP contribution in [0, 0.1) is 6.92 Å². The first-order valence-electron chi connectivity index (χ1n) is 14.2. The summed E-state index contributed by atoms with van der Waals surface area (Å²) in [5.41, 5.74) is -2.23. The van der Waals surface area contributed by atoms with Gasteiger partial charge in [0, 0.05) is 13.6 Å². The highest BCUT2D eigenvalue weighted by Crippen LogP contribution is 2.52. The summed E-state index contributed by atoms with van der Waals surface area (Å²) >= 11 is 0. The number of fused-ring (bicyclic) bond motifs is 1. The zero-order valence-electron chi connectivity index (χ0n) is 25.7. The van der Waals surface area contributed by atoms with Crippen molar-refractivity contribution >= 4 is 30.7 Å². The lowest BCUT2D eigenvalue weighted by atomic mass is 9.97. The van der Waals surface area contributed by atoms with Gasteiger partial charge in [0.1, 0.15) is 24.2 Å². The summed E-state index contributed by atoms with van der Waals surface area (Å²) in [6, 6.07) is 6.61. The number of hydrogen-bond donors (Lipinski definition) is 2. The molecule has 16 heteroatoms.